The molecule has 0 aromatic heterocycles. The average Bonchev–Trinajstić information content (AvgIpc) is 2.50. The van der Waals surface area contributed by atoms with Crippen LogP contribution in [-0.4, -0.2) is 58.1 Å². The van der Waals surface area contributed by atoms with Gasteiger partial charge in [-0.15, -0.1) is 0 Å². The summed E-state index contributed by atoms with van der Waals surface area (Å²) >= 11 is 12.0. The predicted molar refractivity (Wildman–Crippen MR) is 105 cm³/mol. The van der Waals surface area contributed by atoms with Crippen molar-refractivity contribution in [3.63, 3.8) is 0 Å². The van der Waals surface area contributed by atoms with Crippen LogP contribution in [0.2, 0.25) is 10.0 Å². The lowest BCUT2D eigenvalue weighted by Crippen LogP contribution is -2.37. The number of halogens is 2. The van der Waals surface area contributed by atoms with Crippen LogP contribution in [0.15, 0.2) is 18.2 Å². The molecule has 0 saturated carbocycles. The maximum absolute atomic E-state index is 12.2. The highest BCUT2D eigenvalue weighted by atomic mass is 35.5. The number of hydrogen-bond donors (Lipinski definition) is 0. The Morgan fingerprint density at radius 3 is 2.33 bits per heavy atom. The fourth-order valence-corrected chi connectivity index (χ4v) is 2.68. The minimum absolute atomic E-state index is 0.000139. The number of benzene rings is 1. The topological polar surface area (TPSA) is 82.1 Å². The lowest BCUT2D eigenvalue weighted by atomic mass is 10.1. The normalized spacial score (nSPS) is 13.3. The van der Waals surface area contributed by atoms with Crippen molar-refractivity contribution < 1.29 is 26.9 Å². The van der Waals surface area contributed by atoms with E-state index in [4.69, 9.17) is 32.7 Å². The van der Waals surface area contributed by atoms with Crippen molar-refractivity contribution >= 4 is 39.4 Å². The Morgan fingerprint density at radius 1 is 1.19 bits per heavy atom. The first-order chi connectivity index (χ1) is 12.3. The molecule has 1 unspecified atom stereocenters. The zero-order valence-corrected chi connectivity index (χ0v) is 18.3. The molecule has 1 aromatic rings. The van der Waals surface area contributed by atoms with Gasteiger partial charge in [-0.1, -0.05) is 29.3 Å². The maximum atomic E-state index is 12.2. The van der Waals surface area contributed by atoms with E-state index >= 15 is 0 Å². The van der Waals surface area contributed by atoms with Crippen LogP contribution >= 0.6 is 23.2 Å². The van der Waals surface area contributed by atoms with Gasteiger partial charge in [0.15, 0.2) is 0 Å². The van der Waals surface area contributed by atoms with Gasteiger partial charge < -0.3 is 14.4 Å². The smallest absolute Gasteiger partial charge is 0.410 e. The number of hydrogen-bond acceptors (Lipinski definition) is 6. The van der Waals surface area contributed by atoms with Gasteiger partial charge in [-0.2, -0.15) is 8.42 Å². The quantitative estimate of drug-likeness (QED) is 0.449. The molecule has 7 nitrogen and oxygen atoms in total. The van der Waals surface area contributed by atoms with Gasteiger partial charge in [-0.3, -0.25) is 4.18 Å². The first-order valence-corrected chi connectivity index (χ1v) is 10.7. The molecule has 0 radical (unpaired) electrons. The van der Waals surface area contributed by atoms with Crippen LogP contribution in [0.5, 0.6) is 0 Å². The van der Waals surface area contributed by atoms with E-state index in [-0.39, 0.29) is 19.8 Å². The Bertz CT molecular complexity index is 748. The van der Waals surface area contributed by atoms with E-state index in [9.17, 15) is 13.2 Å². The third-order valence-electron chi connectivity index (χ3n) is 3.16. The molecule has 0 N–H and O–H groups in total. The summed E-state index contributed by atoms with van der Waals surface area (Å²) in [6, 6.07) is 4.98. The maximum Gasteiger partial charge on any atom is 0.410 e. The molecular weight excluding hydrogens is 417 g/mol. The SMILES string of the molecule is CN(CC(OCCOS(C)(=O)=O)c1ccc(Cl)c(Cl)c1)C(=O)OC(C)(C)C. The molecule has 1 aromatic carbocycles. The molecule has 10 heteroatoms. The van der Waals surface area contributed by atoms with Gasteiger partial charge in [0, 0.05) is 7.05 Å². The second-order valence-electron chi connectivity index (χ2n) is 6.92. The number of carbonyl (C=O) groups is 1. The Balaban J connectivity index is 2.86. The summed E-state index contributed by atoms with van der Waals surface area (Å²) in [6.07, 6.45) is -0.135. The summed E-state index contributed by atoms with van der Waals surface area (Å²) in [4.78, 5) is 13.6. The Morgan fingerprint density at radius 2 is 1.81 bits per heavy atom. The van der Waals surface area contributed by atoms with Crippen LogP contribution in [0.25, 0.3) is 0 Å². The van der Waals surface area contributed by atoms with Crippen LogP contribution in [0.4, 0.5) is 4.79 Å². The van der Waals surface area contributed by atoms with Crippen molar-refractivity contribution in [2.24, 2.45) is 0 Å². The molecule has 0 aliphatic heterocycles. The van der Waals surface area contributed by atoms with Gasteiger partial charge in [0.1, 0.15) is 11.7 Å². The molecular formula is C17H25Cl2NO6S. The summed E-state index contributed by atoms with van der Waals surface area (Å²) in [5.41, 5.74) is 0.0494. The highest BCUT2D eigenvalue weighted by Crippen LogP contribution is 2.28. The van der Waals surface area contributed by atoms with Crippen molar-refractivity contribution in [2.45, 2.75) is 32.5 Å². The van der Waals surface area contributed by atoms with Gasteiger partial charge in [0.05, 0.1) is 36.1 Å². The number of nitrogens with zero attached hydrogens (tertiary/aromatic N) is 1. The van der Waals surface area contributed by atoms with E-state index in [0.29, 0.717) is 15.6 Å². The molecule has 0 spiro atoms. The molecule has 1 rings (SSSR count). The summed E-state index contributed by atoms with van der Waals surface area (Å²) in [6.45, 7) is 5.33. The fourth-order valence-electron chi connectivity index (χ4n) is 2.01. The largest absolute Gasteiger partial charge is 0.444 e. The van der Waals surface area contributed by atoms with Gasteiger partial charge in [0.25, 0.3) is 10.1 Å². The average molecular weight is 442 g/mol. The van der Waals surface area contributed by atoms with Gasteiger partial charge >= 0.3 is 6.09 Å². The van der Waals surface area contributed by atoms with Crippen molar-refractivity contribution in [2.75, 3.05) is 33.1 Å². The monoisotopic (exact) mass is 441 g/mol. The number of rotatable bonds is 8. The van der Waals surface area contributed by atoms with Crippen molar-refractivity contribution in [3.8, 4) is 0 Å². The van der Waals surface area contributed by atoms with Crippen LogP contribution in [-0.2, 0) is 23.8 Å². The van der Waals surface area contributed by atoms with Crippen molar-refractivity contribution in [1.82, 2.24) is 4.90 Å². The zero-order chi connectivity index (χ0) is 20.8. The van der Waals surface area contributed by atoms with Crippen LogP contribution in [0.3, 0.4) is 0 Å². The van der Waals surface area contributed by atoms with E-state index in [2.05, 4.69) is 4.18 Å². The van der Waals surface area contributed by atoms with Gasteiger partial charge in [-0.05, 0) is 38.5 Å². The van der Waals surface area contributed by atoms with E-state index in [1.807, 2.05) is 0 Å². The Kier molecular flexibility index (Phi) is 8.82. The zero-order valence-electron chi connectivity index (χ0n) is 16.0. The fraction of sp³-hybridized carbons (Fsp3) is 0.588. The number of amides is 1. The van der Waals surface area contributed by atoms with Crippen LogP contribution in [0.1, 0.15) is 32.4 Å². The van der Waals surface area contributed by atoms with E-state index in [0.717, 1.165) is 6.26 Å². The van der Waals surface area contributed by atoms with E-state index in [1.54, 1.807) is 46.0 Å². The summed E-state index contributed by atoms with van der Waals surface area (Å²) in [7, 11) is -1.98. The van der Waals surface area contributed by atoms with Gasteiger partial charge in [0.2, 0.25) is 0 Å². The summed E-state index contributed by atoms with van der Waals surface area (Å²) in [5, 5.41) is 0.732. The number of carbonyl (C=O) groups excluding carboxylic acids is 1. The molecule has 0 bridgehead atoms. The number of likely N-dealkylation sites (N-methyl/N-ethyl adjacent to an activating group) is 1. The predicted octanol–water partition coefficient (Wildman–Crippen LogP) is 3.89. The molecule has 0 heterocycles. The summed E-state index contributed by atoms with van der Waals surface area (Å²) < 4.78 is 37.8. The second-order valence-corrected chi connectivity index (χ2v) is 9.38. The minimum atomic E-state index is -3.56. The molecule has 0 aliphatic carbocycles. The van der Waals surface area contributed by atoms with Crippen LogP contribution in [0, 0.1) is 0 Å². The molecule has 0 saturated heterocycles. The summed E-state index contributed by atoms with van der Waals surface area (Å²) in [5.74, 6) is 0. The van der Waals surface area contributed by atoms with E-state index < -0.39 is 27.9 Å². The van der Waals surface area contributed by atoms with E-state index in [1.165, 1.54) is 4.90 Å². The minimum Gasteiger partial charge on any atom is -0.444 e. The molecule has 154 valence electrons. The Labute approximate surface area is 170 Å². The van der Waals surface area contributed by atoms with Crippen molar-refractivity contribution in [3.05, 3.63) is 33.8 Å². The van der Waals surface area contributed by atoms with Crippen LogP contribution < -0.4 is 0 Å². The Hall–Kier alpha value is -1.06. The standard InChI is InChI=1S/C17H25Cl2NO6S/c1-17(2,3)26-16(21)20(4)11-15(24-8-9-25-27(5,22)23)12-6-7-13(18)14(19)10-12/h6-7,10,15H,8-9,11H2,1-5H3. The third kappa shape index (κ3) is 9.62. The first-order valence-electron chi connectivity index (χ1n) is 8.13. The highest BCUT2D eigenvalue weighted by Gasteiger charge is 2.23. The second kappa shape index (κ2) is 9.93. The van der Waals surface area contributed by atoms with Crippen molar-refractivity contribution in [1.29, 1.82) is 0 Å². The first kappa shape index (κ1) is 24.0. The van der Waals surface area contributed by atoms with Gasteiger partial charge in [-0.25, -0.2) is 4.79 Å². The molecule has 0 fully saturated rings. The molecule has 0 aliphatic rings. The molecule has 27 heavy (non-hydrogen) atoms. The molecule has 1 atom stereocenters. The highest BCUT2D eigenvalue weighted by molar-refractivity contribution is 7.85. The molecule has 1 amide bonds. The lowest BCUT2D eigenvalue weighted by molar-refractivity contribution is -0.00328. The lowest BCUT2D eigenvalue weighted by Gasteiger charge is -2.28. The number of ether oxygens (including phenoxy) is 2. The third-order valence-corrected chi connectivity index (χ3v) is 4.49.